The van der Waals surface area contributed by atoms with Crippen LogP contribution in [0.15, 0.2) is 25.0 Å². The van der Waals surface area contributed by atoms with Crippen LogP contribution in [0.5, 0.6) is 0 Å². The van der Waals surface area contributed by atoms with Crippen LogP contribution in [0, 0.1) is 11.8 Å². The molecule has 41 nitrogen and oxygen atoms in total. The third kappa shape index (κ3) is 33.0. The third-order valence-electron chi connectivity index (χ3n) is 19.1. The van der Waals surface area contributed by atoms with E-state index in [2.05, 4.69) is 78.4 Å². The van der Waals surface area contributed by atoms with Crippen LogP contribution in [0.4, 0.5) is 0 Å². The van der Waals surface area contributed by atoms with Crippen LogP contribution in [0.2, 0.25) is 0 Å². The highest BCUT2D eigenvalue weighted by atomic mass is 16.4. The van der Waals surface area contributed by atoms with Crippen LogP contribution in [-0.2, 0) is 84.8 Å². The van der Waals surface area contributed by atoms with E-state index in [1.54, 1.807) is 0 Å². The fourth-order valence-corrected chi connectivity index (χ4v) is 13.1. The number of carboxylic acids is 2. The summed E-state index contributed by atoms with van der Waals surface area (Å²) in [6.45, 7) is 7.86. The molecule has 113 heavy (non-hydrogen) atoms. The summed E-state index contributed by atoms with van der Waals surface area (Å²) in [6, 6.07) is -18.5. The summed E-state index contributed by atoms with van der Waals surface area (Å²) in [4.78, 5) is 225. The van der Waals surface area contributed by atoms with Gasteiger partial charge in [-0.05, 0) is 167 Å². The van der Waals surface area contributed by atoms with Crippen molar-refractivity contribution in [2.24, 2.45) is 40.5 Å². The lowest BCUT2D eigenvalue weighted by Gasteiger charge is -2.31. The maximum absolute atomic E-state index is 14.7. The van der Waals surface area contributed by atoms with E-state index in [-0.39, 0.29) is 120 Å². The monoisotopic (exact) mass is 1600 g/mol. The average Bonchev–Trinajstić information content (AvgIpc) is 1.71. The first kappa shape index (κ1) is 95.6. The summed E-state index contributed by atoms with van der Waals surface area (Å²) in [5, 5.41) is 68.7. The van der Waals surface area contributed by atoms with Gasteiger partial charge in [0.1, 0.15) is 79.0 Å². The number of H-pyrrole nitrogens is 2. The van der Waals surface area contributed by atoms with E-state index < -0.39 is 206 Å². The molecule has 0 aromatic carbocycles. The number of carbonyl (C=O) groups is 15. The predicted octanol–water partition coefficient (Wildman–Crippen LogP) is -5.88. The molecule has 634 valence electrons. The summed E-state index contributed by atoms with van der Waals surface area (Å²) in [5.74, 6) is -14.3. The van der Waals surface area contributed by atoms with Gasteiger partial charge in [-0.2, -0.15) is 0 Å². The lowest BCUT2D eigenvalue weighted by molar-refractivity contribution is -0.143. The second kappa shape index (κ2) is 50.3. The van der Waals surface area contributed by atoms with Crippen molar-refractivity contribution in [2.75, 3.05) is 52.4 Å². The molecule has 2 fully saturated rings. The molecule has 2 aromatic rings. The van der Waals surface area contributed by atoms with E-state index >= 15 is 0 Å². The SMILES string of the molecule is CC(C)C[C@H](NC(=O)[C@@H](N)CC(C)C)C(=O)N1CCC[C@H]1C(=O)N[C@@H](CCCCN)C(=O)N[C@@H](CCCCN)C(=O)N[C@H](C(=O)N[C@@H](CCC(=O)O)C(=O)N[C@@H](CO)C(=O)N[C@@H](Cc1c[nH]cn1)C(=O)N[C@@H](Cc1c[nH]cn1)C(=O)N[C@@H](CCCCN)C(=O)N1CCC[C@H]1C(=O)N[C@@H](CCCCN)C(=O)NCC(=O)O)[C@@H](C)O. The van der Waals surface area contributed by atoms with Crippen molar-refractivity contribution in [3.63, 3.8) is 0 Å². The smallest absolute Gasteiger partial charge is 0.322 e. The highest BCUT2D eigenvalue weighted by Gasteiger charge is 2.43. The first-order valence-electron chi connectivity index (χ1n) is 38.9. The molecule has 0 spiro atoms. The summed E-state index contributed by atoms with van der Waals surface area (Å²) in [7, 11) is 0. The molecule has 0 radical (unpaired) electrons. The van der Waals surface area contributed by atoms with Gasteiger partial charge in [0.2, 0.25) is 76.8 Å². The second-order valence-electron chi connectivity index (χ2n) is 29.4. The first-order chi connectivity index (χ1) is 53.8. The fourth-order valence-electron chi connectivity index (χ4n) is 13.1. The van der Waals surface area contributed by atoms with E-state index in [4.69, 9.17) is 28.7 Å². The molecule has 0 bridgehead atoms. The minimum absolute atomic E-state index is 0.00554. The largest absolute Gasteiger partial charge is 0.481 e. The van der Waals surface area contributed by atoms with Crippen LogP contribution in [0.25, 0.3) is 0 Å². The number of aromatic amines is 2. The summed E-state index contributed by atoms with van der Waals surface area (Å²) in [5.41, 5.74) is 29.7. The van der Waals surface area contributed by atoms with Gasteiger partial charge in [-0.15, -0.1) is 0 Å². The Hall–Kier alpha value is -9.81. The Morgan fingerprint density at radius 2 is 0.823 bits per heavy atom. The molecule has 41 heteroatoms. The molecule has 2 saturated heterocycles. The normalized spacial score (nSPS) is 17.3. The molecule has 2 aliphatic heterocycles. The highest BCUT2D eigenvalue weighted by Crippen LogP contribution is 2.24. The molecule has 2 aromatic heterocycles. The first-order valence-corrected chi connectivity index (χ1v) is 38.9. The number of imidazole rings is 2. The van der Waals surface area contributed by atoms with Gasteiger partial charge in [0.15, 0.2) is 0 Å². The number of unbranched alkanes of at least 4 members (excludes halogenated alkanes) is 4. The Bertz CT molecular complexity index is 3400. The number of rotatable bonds is 54. The van der Waals surface area contributed by atoms with E-state index in [9.17, 15) is 92.3 Å². The molecule has 2 aliphatic rings. The summed E-state index contributed by atoms with van der Waals surface area (Å²) in [6.07, 6.45) is 6.03. The number of hydrogen-bond acceptors (Lipinski definition) is 24. The van der Waals surface area contributed by atoms with Crippen LogP contribution in [-0.4, -0.2) is 276 Å². The Kier molecular flexibility index (Phi) is 42.6. The maximum Gasteiger partial charge on any atom is 0.322 e. The molecule has 4 heterocycles. The number of amides is 13. The number of aromatic nitrogens is 4. The Labute approximate surface area is 656 Å². The van der Waals surface area contributed by atoms with Crippen molar-refractivity contribution in [3.05, 3.63) is 36.4 Å². The molecular weight excluding hydrogens is 1480 g/mol. The van der Waals surface area contributed by atoms with E-state index in [0.717, 1.165) is 6.92 Å². The van der Waals surface area contributed by atoms with E-state index in [1.165, 1.54) is 34.8 Å². The molecule has 0 aliphatic carbocycles. The number of aliphatic carboxylic acids is 2. The second-order valence-corrected chi connectivity index (χ2v) is 29.4. The number of likely N-dealkylation sites (tertiary alicyclic amines) is 2. The minimum atomic E-state index is -1.98. The fraction of sp³-hybridized carbons (Fsp3) is 0.708. The lowest BCUT2D eigenvalue weighted by atomic mass is 10.00. The van der Waals surface area contributed by atoms with Crippen LogP contribution in [0.3, 0.4) is 0 Å². The number of nitrogens with two attached hydrogens (primary N) is 5. The number of carboxylic acid groups (broad SMARTS) is 2. The number of nitrogens with one attached hydrogen (secondary N) is 13. The van der Waals surface area contributed by atoms with Crippen molar-refractivity contribution < 1.29 is 92.3 Å². The van der Waals surface area contributed by atoms with Gasteiger partial charge in [-0.3, -0.25) is 71.9 Å². The Balaban J connectivity index is 1.57. The van der Waals surface area contributed by atoms with Gasteiger partial charge < -0.3 is 127 Å². The number of hydrogen-bond donors (Lipinski definition) is 22. The van der Waals surface area contributed by atoms with Gasteiger partial charge in [0.05, 0.1) is 42.8 Å². The predicted molar refractivity (Wildman–Crippen MR) is 408 cm³/mol. The van der Waals surface area contributed by atoms with Crippen molar-refractivity contribution in [3.8, 4) is 0 Å². The van der Waals surface area contributed by atoms with Gasteiger partial charge in [0, 0.05) is 44.7 Å². The quantitative estimate of drug-likeness (QED) is 0.0274. The zero-order valence-corrected chi connectivity index (χ0v) is 65.3. The summed E-state index contributed by atoms with van der Waals surface area (Å²) >= 11 is 0. The average molecular weight is 1600 g/mol. The zero-order valence-electron chi connectivity index (χ0n) is 65.3. The van der Waals surface area contributed by atoms with Crippen LogP contribution >= 0.6 is 0 Å². The van der Waals surface area contributed by atoms with Gasteiger partial charge in [0.25, 0.3) is 0 Å². The number of nitrogens with zero attached hydrogens (tertiary/aromatic N) is 4. The minimum Gasteiger partial charge on any atom is -0.481 e. The maximum atomic E-state index is 14.7. The molecule has 4 rings (SSSR count). The zero-order chi connectivity index (χ0) is 83.9. The van der Waals surface area contributed by atoms with Crippen molar-refractivity contribution >= 4 is 88.7 Å². The van der Waals surface area contributed by atoms with Crippen molar-refractivity contribution in [1.29, 1.82) is 0 Å². The summed E-state index contributed by atoms with van der Waals surface area (Å²) < 4.78 is 0. The number of aliphatic hydroxyl groups excluding tert-OH is 2. The van der Waals surface area contributed by atoms with Crippen molar-refractivity contribution in [2.45, 2.75) is 261 Å². The molecular formula is C72H122N22O19. The molecule has 27 N–H and O–H groups in total. The molecule has 14 atom stereocenters. The van der Waals surface area contributed by atoms with Crippen molar-refractivity contribution in [1.82, 2.24) is 88.2 Å². The molecule has 0 unspecified atom stereocenters. The Morgan fingerprint density at radius 3 is 1.24 bits per heavy atom. The highest BCUT2D eigenvalue weighted by molar-refractivity contribution is 6.00. The van der Waals surface area contributed by atoms with Crippen LogP contribution < -0.4 is 87.2 Å². The van der Waals surface area contributed by atoms with Gasteiger partial charge in [-0.25, -0.2) is 9.97 Å². The van der Waals surface area contributed by atoms with Gasteiger partial charge in [-0.1, -0.05) is 27.7 Å². The topological polar surface area (TPSA) is 663 Å². The van der Waals surface area contributed by atoms with E-state index in [1.807, 2.05) is 27.7 Å². The number of carbonyl (C=O) groups excluding carboxylic acids is 13. The standard InChI is InChI=1S/C72H122N22O19/c1-40(2)30-45(77)60(101)90-53(31-41(3)4)72(113)94-29-15-21-56(94)69(110)85-47(17-7-11-25-74)62(103)83-48(18-8-12-26-75)64(105)92-59(42(5)96)70(111)86-49(22-23-57(97)98)63(104)91-54(37-95)67(108)89-52(33-44-35-79-39-82-44)66(107)88-51(32-43-34-78-38-81-43)65(106)87-50(19-9-13-27-76)71(112)93-28-14-20-55(93)68(109)84-46(16-6-10-24-73)61(102)80-36-58(99)100/h34-35,38-42,45-56,59,95-96H,6-33,36-37,73-77H2,1-5H3,(H,78,81)(H,79,82)(H,80,102)(H,83,103)(H,84,109)(H,85,110)(H,86,111)(H,87,106)(H,88,107)(H,89,108)(H,90,101)(H,91,104)(H,92,105)(H,97,98)(H,99,100)/t42-,45+,46+,47+,48+,49+,50+,51+,52+,53+,54+,55+,56+,59+/m1/s1. The number of aliphatic hydroxyl groups is 2. The molecule has 0 saturated carbocycles. The third-order valence-corrected chi connectivity index (χ3v) is 19.1. The lowest BCUT2D eigenvalue weighted by Crippen LogP contribution is -2.62. The van der Waals surface area contributed by atoms with Gasteiger partial charge >= 0.3 is 11.9 Å². The molecule has 13 amide bonds. The van der Waals surface area contributed by atoms with Crippen LogP contribution in [0.1, 0.15) is 174 Å². The van der Waals surface area contributed by atoms with E-state index in [0.29, 0.717) is 64.2 Å². The Morgan fingerprint density at radius 1 is 0.451 bits per heavy atom.